The van der Waals surface area contributed by atoms with E-state index in [-0.39, 0.29) is 22.1 Å². The van der Waals surface area contributed by atoms with Crippen LogP contribution in [-0.4, -0.2) is 14.9 Å². The van der Waals surface area contributed by atoms with Crippen LogP contribution < -0.4 is 0 Å². The van der Waals surface area contributed by atoms with Gasteiger partial charge in [0, 0.05) is 28.5 Å². The number of pyridine rings is 2. The van der Waals surface area contributed by atoms with Crippen LogP contribution in [0.5, 0.6) is 0 Å². The lowest BCUT2D eigenvalue weighted by Crippen LogP contribution is -1.96. The molecule has 18 heavy (non-hydrogen) atoms. The van der Waals surface area contributed by atoms with Gasteiger partial charge in [0.05, 0.1) is 4.92 Å². The summed E-state index contributed by atoms with van der Waals surface area (Å²) in [6.07, 6.45) is 2.61. The van der Waals surface area contributed by atoms with Crippen molar-refractivity contribution in [1.29, 1.82) is 0 Å². The Labute approximate surface area is 114 Å². The number of nitro groups is 1. The quantitative estimate of drug-likeness (QED) is 0.478. The predicted octanol–water partition coefficient (Wildman–Crippen LogP) is 3.61. The van der Waals surface area contributed by atoms with Crippen molar-refractivity contribution in [2.45, 2.75) is 0 Å². The van der Waals surface area contributed by atoms with Gasteiger partial charge in [0.1, 0.15) is 5.69 Å². The van der Waals surface area contributed by atoms with Crippen molar-refractivity contribution in [3.63, 3.8) is 0 Å². The number of hydrogen-bond donors (Lipinski definition) is 0. The summed E-state index contributed by atoms with van der Waals surface area (Å²) in [6, 6.07) is 2.34. The van der Waals surface area contributed by atoms with Gasteiger partial charge in [-0.05, 0) is 22.0 Å². The molecule has 2 aromatic rings. The van der Waals surface area contributed by atoms with E-state index in [1.165, 1.54) is 18.5 Å². The fraction of sp³-hybridized carbons (Fsp3) is 0. The molecule has 0 spiro atoms. The molecule has 2 aromatic heterocycles. The largest absolute Gasteiger partial charge is 0.296 e. The Hall–Kier alpha value is -1.60. The second kappa shape index (κ2) is 4.95. The molecule has 0 N–H and O–H groups in total. The summed E-state index contributed by atoms with van der Waals surface area (Å²) < 4.78 is 13.7. The van der Waals surface area contributed by atoms with Crippen molar-refractivity contribution >= 4 is 33.2 Å². The molecule has 2 rings (SSSR count). The summed E-state index contributed by atoms with van der Waals surface area (Å²) >= 11 is 8.53. The van der Waals surface area contributed by atoms with Gasteiger partial charge in [-0.25, -0.2) is 14.4 Å². The van der Waals surface area contributed by atoms with E-state index < -0.39 is 10.7 Å². The first-order valence-electron chi connectivity index (χ1n) is 4.60. The molecule has 0 aliphatic carbocycles. The summed E-state index contributed by atoms with van der Waals surface area (Å²) in [5.74, 6) is -0.756. The monoisotopic (exact) mass is 331 g/mol. The molecule has 8 heteroatoms. The van der Waals surface area contributed by atoms with Gasteiger partial charge in [-0.3, -0.25) is 10.1 Å². The maximum Gasteiger partial charge on any atom is 0.296 e. The van der Waals surface area contributed by atoms with Crippen molar-refractivity contribution in [1.82, 2.24) is 9.97 Å². The molecule has 0 aliphatic heterocycles. The zero-order chi connectivity index (χ0) is 13.3. The lowest BCUT2D eigenvalue weighted by Gasteiger charge is -2.03. The molecule has 2 heterocycles. The average Bonchev–Trinajstić information content (AvgIpc) is 2.32. The predicted molar refractivity (Wildman–Crippen MR) is 66.8 cm³/mol. The van der Waals surface area contributed by atoms with E-state index in [1.54, 1.807) is 0 Å². The van der Waals surface area contributed by atoms with Gasteiger partial charge >= 0.3 is 0 Å². The van der Waals surface area contributed by atoms with Crippen molar-refractivity contribution in [3.8, 4) is 11.3 Å². The van der Waals surface area contributed by atoms with Gasteiger partial charge in [-0.2, -0.15) is 0 Å². The van der Waals surface area contributed by atoms with Gasteiger partial charge in [-0.15, -0.1) is 0 Å². The summed E-state index contributed by atoms with van der Waals surface area (Å²) in [5, 5.41) is 10.6. The minimum Gasteiger partial charge on any atom is -0.258 e. The summed E-state index contributed by atoms with van der Waals surface area (Å²) in [5.41, 5.74) is -0.0183. The Morgan fingerprint density at radius 2 is 2.06 bits per heavy atom. The molecule has 0 radical (unpaired) electrons. The van der Waals surface area contributed by atoms with Crippen LogP contribution in [-0.2, 0) is 0 Å². The molecule has 92 valence electrons. The number of rotatable bonds is 2. The molecule has 0 fully saturated rings. The van der Waals surface area contributed by atoms with Gasteiger partial charge in [0.2, 0.25) is 0 Å². The highest BCUT2D eigenvalue weighted by molar-refractivity contribution is 9.10. The van der Waals surface area contributed by atoms with Crippen LogP contribution in [0.3, 0.4) is 0 Å². The van der Waals surface area contributed by atoms with Crippen molar-refractivity contribution < 1.29 is 9.31 Å². The molecular weight excluding hydrogens is 328 g/mol. The standard InChI is InChI=1S/C10H4BrClFN3O2/c11-6-2-8(16(17)18)9(14-4-6)5-1-7(13)10(12)15-3-5/h1-4H. The third kappa shape index (κ3) is 2.46. The van der Waals surface area contributed by atoms with Crippen LogP contribution in [0.1, 0.15) is 0 Å². The normalized spacial score (nSPS) is 10.4. The van der Waals surface area contributed by atoms with Crippen molar-refractivity contribution in [2.24, 2.45) is 0 Å². The fourth-order valence-electron chi connectivity index (χ4n) is 1.34. The molecule has 0 aromatic carbocycles. The Morgan fingerprint density at radius 1 is 1.33 bits per heavy atom. The van der Waals surface area contributed by atoms with Crippen LogP contribution in [0.2, 0.25) is 5.15 Å². The van der Waals surface area contributed by atoms with Gasteiger partial charge in [0.15, 0.2) is 11.0 Å². The number of aromatic nitrogens is 2. The highest BCUT2D eigenvalue weighted by Crippen LogP contribution is 2.30. The molecule has 0 bridgehead atoms. The first kappa shape index (κ1) is 12.8. The molecule has 0 aliphatic rings. The van der Waals surface area contributed by atoms with Gasteiger partial charge < -0.3 is 0 Å². The SMILES string of the molecule is O=[N+]([O-])c1cc(Br)cnc1-c1cnc(Cl)c(F)c1. The second-order valence-electron chi connectivity index (χ2n) is 3.28. The number of hydrogen-bond acceptors (Lipinski definition) is 4. The Morgan fingerprint density at radius 3 is 2.67 bits per heavy atom. The molecule has 0 amide bonds. The van der Waals surface area contributed by atoms with E-state index in [0.717, 1.165) is 6.07 Å². The van der Waals surface area contributed by atoms with E-state index in [9.17, 15) is 14.5 Å². The van der Waals surface area contributed by atoms with Crippen LogP contribution in [0.25, 0.3) is 11.3 Å². The third-order valence-electron chi connectivity index (χ3n) is 2.10. The molecule has 5 nitrogen and oxygen atoms in total. The second-order valence-corrected chi connectivity index (χ2v) is 4.55. The van der Waals surface area contributed by atoms with E-state index in [2.05, 4.69) is 25.9 Å². The molecule has 0 atom stereocenters. The van der Waals surface area contributed by atoms with E-state index in [0.29, 0.717) is 4.47 Å². The van der Waals surface area contributed by atoms with E-state index >= 15 is 0 Å². The molecule has 0 unspecified atom stereocenters. The maximum absolute atomic E-state index is 13.3. The van der Waals surface area contributed by atoms with Crippen LogP contribution >= 0.6 is 27.5 Å². The maximum atomic E-state index is 13.3. The molecule has 0 saturated carbocycles. The topological polar surface area (TPSA) is 68.9 Å². The third-order valence-corrected chi connectivity index (χ3v) is 2.81. The first-order chi connectivity index (χ1) is 8.49. The van der Waals surface area contributed by atoms with Crippen molar-refractivity contribution in [3.05, 3.63) is 50.1 Å². The Balaban J connectivity index is 2.63. The van der Waals surface area contributed by atoms with Crippen LogP contribution in [0, 0.1) is 15.9 Å². The lowest BCUT2D eigenvalue weighted by molar-refractivity contribution is -0.384. The Bertz CT molecular complexity index is 639. The zero-order valence-electron chi connectivity index (χ0n) is 8.60. The lowest BCUT2D eigenvalue weighted by atomic mass is 10.1. The van der Waals surface area contributed by atoms with E-state index in [4.69, 9.17) is 11.6 Å². The Kier molecular flexibility index (Phi) is 3.53. The van der Waals surface area contributed by atoms with Crippen LogP contribution in [0.4, 0.5) is 10.1 Å². The zero-order valence-corrected chi connectivity index (χ0v) is 10.9. The van der Waals surface area contributed by atoms with E-state index in [1.807, 2.05) is 0 Å². The highest BCUT2D eigenvalue weighted by atomic mass is 79.9. The molecular formula is C10H4BrClFN3O2. The highest BCUT2D eigenvalue weighted by Gasteiger charge is 2.18. The fourth-order valence-corrected chi connectivity index (χ4v) is 1.76. The summed E-state index contributed by atoms with van der Waals surface area (Å²) in [4.78, 5) is 17.8. The van der Waals surface area contributed by atoms with Crippen LogP contribution in [0.15, 0.2) is 29.0 Å². The first-order valence-corrected chi connectivity index (χ1v) is 5.77. The van der Waals surface area contributed by atoms with Crippen molar-refractivity contribution in [2.75, 3.05) is 0 Å². The summed E-state index contributed by atoms with van der Waals surface area (Å²) in [7, 11) is 0. The average molecular weight is 333 g/mol. The van der Waals surface area contributed by atoms with Gasteiger partial charge in [0.25, 0.3) is 5.69 Å². The number of nitrogens with zero attached hydrogens (tertiary/aromatic N) is 3. The molecule has 0 saturated heterocycles. The van der Waals surface area contributed by atoms with Gasteiger partial charge in [-0.1, -0.05) is 11.6 Å². The number of halogens is 3. The summed E-state index contributed by atoms with van der Waals surface area (Å²) in [6.45, 7) is 0. The minimum atomic E-state index is -0.756. The smallest absolute Gasteiger partial charge is 0.258 e. The minimum absolute atomic E-state index is 0.0336.